The maximum absolute atomic E-state index is 12.5. The number of unbranched alkanes of at least 4 members (excludes halogenated alkanes) is 2. The second-order valence-corrected chi connectivity index (χ2v) is 7.26. The highest BCUT2D eigenvalue weighted by Gasteiger charge is 2.22. The summed E-state index contributed by atoms with van der Waals surface area (Å²) in [6, 6.07) is 3.91. The highest BCUT2D eigenvalue weighted by Crippen LogP contribution is 2.23. The van der Waals surface area contributed by atoms with Crippen LogP contribution in [-0.4, -0.2) is 32.1 Å². The van der Waals surface area contributed by atoms with Gasteiger partial charge in [0.15, 0.2) is 0 Å². The number of carbonyl (C=O) groups is 1. The Morgan fingerprint density at radius 1 is 1.26 bits per heavy atom. The number of benzene rings is 1. The van der Waals surface area contributed by atoms with Crippen molar-refractivity contribution >= 4 is 21.7 Å². The summed E-state index contributed by atoms with van der Waals surface area (Å²) in [6.07, 6.45) is 3.69. The molecule has 0 saturated heterocycles. The first-order valence-corrected chi connectivity index (χ1v) is 9.43. The van der Waals surface area contributed by atoms with Crippen LogP contribution in [0.2, 0.25) is 0 Å². The average molecular weight is 342 g/mol. The fraction of sp³-hybridized carbons (Fsp3) is 0.562. The molecule has 7 heteroatoms. The van der Waals surface area contributed by atoms with Gasteiger partial charge in [-0.25, -0.2) is 17.9 Å². The van der Waals surface area contributed by atoms with Crippen LogP contribution >= 0.6 is 0 Å². The van der Waals surface area contributed by atoms with Crippen molar-refractivity contribution in [3.63, 3.8) is 0 Å². The van der Waals surface area contributed by atoms with E-state index in [1.807, 2.05) is 6.92 Å². The van der Waals surface area contributed by atoms with Crippen LogP contribution in [-0.2, 0) is 10.0 Å². The Bertz CT molecular complexity index is 629. The van der Waals surface area contributed by atoms with E-state index in [0.29, 0.717) is 18.7 Å². The molecule has 0 radical (unpaired) electrons. The molecule has 1 rings (SSSR count). The lowest BCUT2D eigenvalue weighted by molar-refractivity contribution is 0.0696. The van der Waals surface area contributed by atoms with Crippen molar-refractivity contribution in [1.82, 2.24) is 4.72 Å². The number of hydrogen-bond donors (Lipinski definition) is 3. The number of carboxylic acid groups (broad SMARTS) is 1. The minimum absolute atomic E-state index is 0.0193. The summed E-state index contributed by atoms with van der Waals surface area (Å²) in [5, 5.41) is 12.2. The Balaban J connectivity index is 3.12. The number of hydrogen-bond acceptors (Lipinski definition) is 4. The third-order valence-electron chi connectivity index (χ3n) is 3.58. The lowest BCUT2D eigenvalue weighted by Crippen LogP contribution is -2.32. The van der Waals surface area contributed by atoms with E-state index in [1.165, 1.54) is 18.2 Å². The zero-order valence-corrected chi connectivity index (χ0v) is 14.7. The molecule has 0 fully saturated rings. The lowest BCUT2D eigenvalue weighted by atomic mass is 10.2. The molecule has 0 aliphatic carbocycles. The van der Waals surface area contributed by atoms with Gasteiger partial charge in [-0.05, 0) is 38.0 Å². The highest BCUT2D eigenvalue weighted by atomic mass is 32.2. The maximum Gasteiger partial charge on any atom is 0.335 e. The third kappa shape index (κ3) is 5.84. The largest absolute Gasteiger partial charge is 0.478 e. The Labute approximate surface area is 138 Å². The van der Waals surface area contributed by atoms with Crippen LogP contribution in [0.15, 0.2) is 23.1 Å². The average Bonchev–Trinajstić information content (AvgIpc) is 2.50. The highest BCUT2D eigenvalue weighted by molar-refractivity contribution is 7.89. The summed E-state index contributed by atoms with van der Waals surface area (Å²) in [6.45, 7) is 6.39. The molecule has 0 unspecified atom stereocenters. The first kappa shape index (κ1) is 19.4. The normalized spacial score (nSPS) is 12.8. The molecule has 3 N–H and O–H groups in total. The first-order chi connectivity index (χ1) is 10.8. The van der Waals surface area contributed by atoms with E-state index >= 15 is 0 Å². The quantitative estimate of drug-likeness (QED) is 0.568. The van der Waals surface area contributed by atoms with Crippen LogP contribution in [0.4, 0.5) is 5.69 Å². The molecule has 0 amide bonds. The van der Waals surface area contributed by atoms with Crippen molar-refractivity contribution in [2.24, 2.45) is 0 Å². The molecule has 0 aliphatic rings. The van der Waals surface area contributed by atoms with E-state index in [2.05, 4.69) is 17.0 Å². The summed E-state index contributed by atoms with van der Waals surface area (Å²) in [7, 11) is -3.78. The van der Waals surface area contributed by atoms with E-state index in [9.17, 15) is 13.2 Å². The van der Waals surface area contributed by atoms with Crippen LogP contribution in [0, 0.1) is 0 Å². The molecular weight excluding hydrogens is 316 g/mol. The van der Waals surface area contributed by atoms with Gasteiger partial charge in [-0.3, -0.25) is 0 Å². The van der Waals surface area contributed by atoms with E-state index in [1.54, 1.807) is 6.92 Å². The van der Waals surface area contributed by atoms with Gasteiger partial charge in [-0.15, -0.1) is 0 Å². The first-order valence-electron chi connectivity index (χ1n) is 7.95. The second-order valence-electron chi connectivity index (χ2n) is 5.58. The Kier molecular flexibility index (Phi) is 7.51. The minimum Gasteiger partial charge on any atom is -0.478 e. The number of sulfonamides is 1. The Hall–Kier alpha value is -1.60. The molecular formula is C16H26N2O4S. The standard InChI is InChI=1S/C16H26N2O4S/c1-4-6-7-10-17-14-9-8-13(16(19)20)11-15(14)23(21,22)18-12(3)5-2/h8-9,11-12,17-18H,4-7,10H2,1-3H3,(H,19,20)/t12-/m0/s1. The van der Waals surface area contributed by atoms with Crippen molar-refractivity contribution < 1.29 is 18.3 Å². The van der Waals surface area contributed by atoms with Crippen molar-refractivity contribution in [3.05, 3.63) is 23.8 Å². The summed E-state index contributed by atoms with van der Waals surface area (Å²) in [4.78, 5) is 11.1. The van der Waals surface area contributed by atoms with Gasteiger partial charge in [-0.2, -0.15) is 0 Å². The Morgan fingerprint density at radius 2 is 1.96 bits per heavy atom. The minimum atomic E-state index is -3.78. The molecule has 0 aromatic heterocycles. The molecule has 23 heavy (non-hydrogen) atoms. The fourth-order valence-electron chi connectivity index (χ4n) is 2.03. The molecule has 1 aromatic carbocycles. The molecule has 1 aromatic rings. The number of rotatable bonds is 10. The summed E-state index contributed by atoms with van der Waals surface area (Å²) in [5.74, 6) is -1.15. The Morgan fingerprint density at radius 3 is 2.52 bits per heavy atom. The van der Waals surface area contributed by atoms with Crippen molar-refractivity contribution in [2.75, 3.05) is 11.9 Å². The van der Waals surface area contributed by atoms with Gasteiger partial charge in [0.2, 0.25) is 10.0 Å². The van der Waals surface area contributed by atoms with Crippen LogP contribution in [0.1, 0.15) is 56.8 Å². The predicted molar refractivity (Wildman–Crippen MR) is 91.5 cm³/mol. The summed E-state index contributed by atoms with van der Waals surface area (Å²) < 4.78 is 27.7. The van der Waals surface area contributed by atoms with E-state index < -0.39 is 16.0 Å². The zero-order valence-electron chi connectivity index (χ0n) is 13.9. The smallest absolute Gasteiger partial charge is 0.335 e. The van der Waals surface area contributed by atoms with Gasteiger partial charge < -0.3 is 10.4 Å². The molecule has 0 aliphatic heterocycles. The molecule has 130 valence electrons. The van der Waals surface area contributed by atoms with Crippen LogP contribution in [0.5, 0.6) is 0 Å². The van der Waals surface area contributed by atoms with E-state index in [-0.39, 0.29) is 16.5 Å². The molecule has 0 bridgehead atoms. The number of nitrogens with one attached hydrogen (secondary N) is 2. The summed E-state index contributed by atoms with van der Waals surface area (Å²) in [5.41, 5.74) is 0.385. The van der Waals surface area contributed by atoms with Gasteiger partial charge in [0, 0.05) is 12.6 Å². The van der Waals surface area contributed by atoms with Gasteiger partial charge in [0.25, 0.3) is 0 Å². The number of carboxylic acids is 1. The number of aromatic carboxylic acids is 1. The monoisotopic (exact) mass is 342 g/mol. The molecule has 6 nitrogen and oxygen atoms in total. The topological polar surface area (TPSA) is 95.5 Å². The predicted octanol–water partition coefficient (Wildman–Crippen LogP) is 3.06. The number of anilines is 1. The maximum atomic E-state index is 12.5. The zero-order chi connectivity index (χ0) is 17.5. The van der Waals surface area contributed by atoms with Gasteiger partial charge in [0.05, 0.1) is 11.3 Å². The molecule has 0 heterocycles. The van der Waals surface area contributed by atoms with Crippen LogP contribution in [0.3, 0.4) is 0 Å². The van der Waals surface area contributed by atoms with Crippen LogP contribution < -0.4 is 10.0 Å². The molecule has 0 spiro atoms. The van der Waals surface area contributed by atoms with Gasteiger partial charge in [-0.1, -0.05) is 26.7 Å². The van der Waals surface area contributed by atoms with Gasteiger partial charge >= 0.3 is 5.97 Å². The van der Waals surface area contributed by atoms with Crippen molar-refractivity contribution in [1.29, 1.82) is 0 Å². The van der Waals surface area contributed by atoms with Crippen LogP contribution in [0.25, 0.3) is 0 Å². The van der Waals surface area contributed by atoms with E-state index in [4.69, 9.17) is 5.11 Å². The third-order valence-corrected chi connectivity index (χ3v) is 5.21. The van der Waals surface area contributed by atoms with E-state index in [0.717, 1.165) is 19.3 Å². The van der Waals surface area contributed by atoms with Crippen molar-refractivity contribution in [3.8, 4) is 0 Å². The van der Waals surface area contributed by atoms with Crippen molar-refractivity contribution in [2.45, 2.75) is 57.4 Å². The SMILES string of the molecule is CCCCCNc1ccc(C(=O)O)cc1S(=O)(=O)N[C@@H](C)CC. The lowest BCUT2D eigenvalue weighted by Gasteiger charge is -2.16. The molecule has 1 atom stereocenters. The summed E-state index contributed by atoms with van der Waals surface area (Å²) >= 11 is 0. The van der Waals surface area contributed by atoms with Gasteiger partial charge in [0.1, 0.15) is 4.90 Å². The fourth-order valence-corrected chi connectivity index (χ4v) is 3.57. The second kappa shape index (κ2) is 8.88. The molecule has 0 saturated carbocycles.